The summed E-state index contributed by atoms with van der Waals surface area (Å²) in [5.74, 6) is -1.18. The van der Waals surface area contributed by atoms with Gasteiger partial charge in [-0.05, 0) is 73.9 Å². The second-order valence-electron chi connectivity index (χ2n) is 11.2. The average molecular weight is 611 g/mol. The van der Waals surface area contributed by atoms with Crippen LogP contribution in [0.5, 0.6) is 0 Å². The minimum Gasteiger partial charge on any atom is -0.326 e. The van der Waals surface area contributed by atoms with Gasteiger partial charge in [-0.2, -0.15) is 4.99 Å². The zero-order valence-corrected chi connectivity index (χ0v) is 26.1. The van der Waals surface area contributed by atoms with E-state index in [1.54, 1.807) is 72.7 Å². The number of rotatable bonds is 8. The molecular weight excluding hydrogens is 576 g/mol. The Morgan fingerprint density at radius 2 is 0.978 bits per heavy atom. The number of hydrogen-bond donors (Lipinski definition) is 2. The van der Waals surface area contributed by atoms with Crippen molar-refractivity contribution in [1.29, 1.82) is 0 Å². The van der Waals surface area contributed by atoms with Gasteiger partial charge in [-0.3, -0.25) is 9.59 Å². The van der Waals surface area contributed by atoms with Crippen LogP contribution in [0.3, 0.4) is 0 Å². The fourth-order valence-corrected chi connectivity index (χ4v) is 4.74. The average Bonchev–Trinajstić information content (AvgIpc) is 2.98. The SMILES string of the molecule is Cc1c(N=C=O)cccc1-n1c(=O)n(-c2cccc(NC(=O)C(C)C)c2C)c(=O)n(-c2cccc(NC(=O)C(C)C)c2C)c1=O. The van der Waals surface area contributed by atoms with E-state index in [0.717, 1.165) is 13.7 Å². The smallest absolute Gasteiger partial charge is 0.326 e. The lowest BCUT2D eigenvalue weighted by atomic mass is 10.1. The molecule has 0 aliphatic carbocycles. The maximum absolute atomic E-state index is 14.3. The number of aromatic nitrogens is 3. The quantitative estimate of drug-likeness (QED) is 0.225. The number of isocyanates is 1. The first kappa shape index (κ1) is 32.3. The lowest BCUT2D eigenvalue weighted by Crippen LogP contribution is -2.53. The summed E-state index contributed by atoms with van der Waals surface area (Å²) in [6.45, 7) is 11.8. The van der Waals surface area contributed by atoms with E-state index in [9.17, 15) is 28.8 Å². The van der Waals surface area contributed by atoms with Crippen LogP contribution >= 0.6 is 0 Å². The highest BCUT2D eigenvalue weighted by Gasteiger charge is 2.24. The van der Waals surface area contributed by atoms with E-state index in [2.05, 4.69) is 15.6 Å². The lowest BCUT2D eigenvalue weighted by Gasteiger charge is -2.20. The summed E-state index contributed by atoms with van der Waals surface area (Å²) in [6.07, 6.45) is 1.47. The Bertz CT molecular complexity index is 1950. The van der Waals surface area contributed by atoms with Gasteiger partial charge in [-0.1, -0.05) is 45.9 Å². The van der Waals surface area contributed by atoms with Gasteiger partial charge in [-0.25, -0.2) is 32.9 Å². The van der Waals surface area contributed by atoms with Crippen LogP contribution < -0.4 is 27.7 Å². The van der Waals surface area contributed by atoms with Crippen LogP contribution in [0.4, 0.5) is 17.1 Å². The third-order valence-electron chi connectivity index (χ3n) is 7.49. The number of benzene rings is 3. The van der Waals surface area contributed by atoms with E-state index < -0.39 is 17.1 Å². The van der Waals surface area contributed by atoms with Crippen molar-refractivity contribution in [2.75, 3.05) is 10.6 Å². The minimum absolute atomic E-state index is 0.0906. The standard InChI is InChI=1S/C33H34N6O6/c1-18(2)29(41)35-24-12-9-15-27(21(24)6)38-31(43)37(26-14-8-11-23(20(26)5)34-17-40)32(44)39(33(38)45)28-16-10-13-25(22(28)7)36-30(42)19(3)4/h8-16,18-19H,1-7H3,(H,35,41)(H,36,42). The van der Waals surface area contributed by atoms with Gasteiger partial charge in [0, 0.05) is 23.2 Å². The number of carbonyl (C=O) groups excluding carboxylic acids is 3. The van der Waals surface area contributed by atoms with E-state index in [-0.39, 0.29) is 46.4 Å². The Balaban J connectivity index is 2.15. The van der Waals surface area contributed by atoms with Crippen molar-refractivity contribution in [2.45, 2.75) is 48.5 Å². The summed E-state index contributed by atoms with van der Waals surface area (Å²) in [4.78, 5) is 82.6. The second kappa shape index (κ2) is 12.9. The third kappa shape index (κ3) is 6.09. The first-order valence-corrected chi connectivity index (χ1v) is 14.3. The molecule has 0 bridgehead atoms. The molecule has 2 N–H and O–H groups in total. The molecule has 0 spiro atoms. The zero-order valence-electron chi connectivity index (χ0n) is 26.1. The van der Waals surface area contributed by atoms with Gasteiger partial charge in [0.15, 0.2) is 0 Å². The molecule has 1 aromatic heterocycles. The first-order valence-electron chi connectivity index (χ1n) is 14.3. The van der Waals surface area contributed by atoms with Crippen molar-refractivity contribution in [3.8, 4) is 17.1 Å². The van der Waals surface area contributed by atoms with Crippen LogP contribution in [0.25, 0.3) is 17.1 Å². The first-order chi connectivity index (χ1) is 21.3. The highest BCUT2D eigenvalue weighted by Crippen LogP contribution is 2.25. The number of amides is 2. The summed E-state index contributed by atoms with van der Waals surface area (Å²) < 4.78 is 2.55. The number of hydrogen-bond acceptors (Lipinski definition) is 7. The molecule has 4 rings (SSSR count). The van der Waals surface area contributed by atoms with Gasteiger partial charge in [0.1, 0.15) is 0 Å². The van der Waals surface area contributed by atoms with Gasteiger partial charge in [-0.15, -0.1) is 0 Å². The molecule has 3 aromatic carbocycles. The molecule has 0 saturated heterocycles. The molecule has 0 unspecified atom stereocenters. The van der Waals surface area contributed by atoms with Gasteiger partial charge in [0.05, 0.1) is 22.7 Å². The van der Waals surface area contributed by atoms with Crippen LogP contribution in [0.1, 0.15) is 44.4 Å². The monoisotopic (exact) mass is 610 g/mol. The van der Waals surface area contributed by atoms with Gasteiger partial charge in [0.25, 0.3) is 0 Å². The Kier molecular flexibility index (Phi) is 9.29. The van der Waals surface area contributed by atoms with Crippen molar-refractivity contribution in [3.63, 3.8) is 0 Å². The van der Waals surface area contributed by atoms with Crippen molar-refractivity contribution in [1.82, 2.24) is 13.7 Å². The fourth-order valence-electron chi connectivity index (χ4n) is 4.74. The highest BCUT2D eigenvalue weighted by molar-refractivity contribution is 5.94. The Labute approximate surface area is 258 Å². The Morgan fingerprint density at radius 3 is 1.33 bits per heavy atom. The second-order valence-corrected chi connectivity index (χ2v) is 11.2. The zero-order chi connectivity index (χ0) is 33.2. The van der Waals surface area contributed by atoms with Gasteiger partial charge < -0.3 is 10.6 Å². The maximum Gasteiger partial charge on any atom is 0.345 e. The predicted octanol–water partition coefficient (Wildman–Crippen LogP) is 4.22. The van der Waals surface area contributed by atoms with Gasteiger partial charge in [0.2, 0.25) is 17.9 Å². The number of nitrogens with zero attached hydrogens (tertiary/aromatic N) is 4. The third-order valence-corrected chi connectivity index (χ3v) is 7.49. The molecule has 0 aliphatic heterocycles. The molecule has 45 heavy (non-hydrogen) atoms. The maximum atomic E-state index is 14.3. The van der Waals surface area contributed by atoms with E-state index in [1.165, 1.54) is 36.4 Å². The largest absolute Gasteiger partial charge is 0.345 e. The van der Waals surface area contributed by atoms with Crippen LogP contribution in [0.15, 0.2) is 74.0 Å². The van der Waals surface area contributed by atoms with Crippen LogP contribution in [0.2, 0.25) is 0 Å². The molecule has 2 amide bonds. The molecule has 1 heterocycles. The molecular formula is C33H34N6O6. The summed E-state index contributed by atoms with van der Waals surface area (Å²) in [5.41, 5.74) is -0.469. The fraction of sp³-hybridized carbons (Fsp3) is 0.273. The summed E-state index contributed by atoms with van der Waals surface area (Å²) in [7, 11) is 0. The summed E-state index contributed by atoms with van der Waals surface area (Å²) in [5, 5.41) is 5.63. The summed E-state index contributed by atoms with van der Waals surface area (Å²) >= 11 is 0. The van der Waals surface area contributed by atoms with Crippen LogP contribution in [-0.4, -0.2) is 31.6 Å². The molecule has 4 aromatic rings. The van der Waals surface area contributed by atoms with Crippen molar-refractivity contribution in [2.24, 2.45) is 16.8 Å². The van der Waals surface area contributed by atoms with Crippen LogP contribution in [-0.2, 0) is 14.4 Å². The lowest BCUT2D eigenvalue weighted by molar-refractivity contribution is -0.119. The topological polar surface area (TPSA) is 154 Å². The summed E-state index contributed by atoms with van der Waals surface area (Å²) in [6, 6.07) is 14.1. The molecule has 0 saturated carbocycles. The van der Waals surface area contributed by atoms with E-state index >= 15 is 0 Å². The molecule has 0 aliphatic rings. The molecule has 12 heteroatoms. The number of nitrogens with one attached hydrogen (secondary N) is 2. The normalized spacial score (nSPS) is 11.0. The number of carbonyl (C=O) groups is 2. The molecule has 0 fully saturated rings. The van der Waals surface area contributed by atoms with E-state index in [4.69, 9.17) is 0 Å². The van der Waals surface area contributed by atoms with Crippen molar-refractivity contribution < 1.29 is 14.4 Å². The number of aliphatic imine (C=N–C) groups is 1. The van der Waals surface area contributed by atoms with E-state index in [0.29, 0.717) is 28.1 Å². The Morgan fingerprint density at radius 1 is 0.622 bits per heavy atom. The van der Waals surface area contributed by atoms with Crippen molar-refractivity contribution in [3.05, 3.63) is 103 Å². The highest BCUT2D eigenvalue weighted by atomic mass is 16.2. The van der Waals surface area contributed by atoms with Gasteiger partial charge >= 0.3 is 17.1 Å². The predicted molar refractivity (Wildman–Crippen MR) is 172 cm³/mol. The minimum atomic E-state index is -0.978. The molecule has 12 nitrogen and oxygen atoms in total. The van der Waals surface area contributed by atoms with Crippen LogP contribution in [0, 0.1) is 32.6 Å². The van der Waals surface area contributed by atoms with Crippen molar-refractivity contribution >= 4 is 35.0 Å². The Hall–Kier alpha value is -5.61. The van der Waals surface area contributed by atoms with E-state index in [1.807, 2.05) is 0 Å². The molecule has 0 radical (unpaired) electrons. The molecule has 232 valence electrons. The number of anilines is 2. The molecule has 0 atom stereocenters.